The summed E-state index contributed by atoms with van der Waals surface area (Å²) < 4.78 is 0. The SMILES string of the molecule is Cc1cc(C)c(NN=C(CC2C=CC=C2)c2ccccc2)c(C)c1. The molecule has 2 aromatic rings. The van der Waals surface area contributed by atoms with E-state index in [2.05, 4.69) is 86.9 Å². The standard InChI is InChI=1S/C22H24N2/c1-16-13-17(2)22(18(3)14-16)24-23-21(15-19-9-7-8-10-19)20-11-5-4-6-12-20/h4-14,19,24H,15H2,1-3H3. The van der Waals surface area contributed by atoms with Crippen LogP contribution in [-0.4, -0.2) is 5.71 Å². The van der Waals surface area contributed by atoms with Gasteiger partial charge in [-0.15, -0.1) is 0 Å². The Bertz CT molecular complexity index is 763. The Labute approximate surface area is 144 Å². The molecule has 0 unspecified atom stereocenters. The predicted molar refractivity (Wildman–Crippen MR) is 104 cm³/mol. The first kappa shape index (κ1) is 16.3. The van der Waals surface area contributed by atoms with E-state index in [0.29, 0.717) is 5.92 Å². The van der Waals surface area contributed by atoms with Gasteiger partial charge in [-0.05, 0) is 37.5 Å². The summed E-state index contributed by atoms with van der Waals surface area (Å²) in [6, 6.07) is 14.8. The highest BCUT2D eigenvalue weighted by Gasteiger charge is 2.12. The average Bonchev–Trinajstić information content (AvgIpc) is 3.06. The van der Waals surface area contributed by atoms with E-state index in [9.17, 15) is 0 Å². The van der Waals surface area contributed by atoms with E-state index in [1.54, 1.807) is 0 Å². The molecule has 0 bridgehead atoms. The van der Waals surface area contributed by atoms with Crippen molar-refractivity contribution in [2.45, 2.75) is 27.2 Å². The molecule has 2 heteroatoms. The molecule has 0 radical (unpaired) electrons. The van der Waals surface area contributed by atoms with Crippen LogP contribution < -0.4 is 5.43 Å². The van der Waals surface area contributed by atoms with Crippen LogP contribution in [-0.2, 0) is 0 Å². The molecule has 0 amide bonds. The Morgan fingerprint density at radius 3 is 2.21 bits per heavy atom. The number of hydrogen-bond acceptors (Lipinski definition) is 2. The summed E-state index contributed by atoms with van der Waals surface area (Å²) in [7, 11) is 0. The number of aryl methyl sites for hydroxylation is 3. The quantitative estimate of drug-likeness (QED) is 0.567. The van der Waals surface area contributed by atoms with Gasteiger partial charge in [0, 0.05) is 12.3 Å². The number of allylic oxidation sites excluding steroid dienone is 4. The predicted octanol–water partition coefficient (Wildman–Crippen LogP) is 5.56. The van der Waals surface area contributed by atoms with Gasteiger partial charge in [-0.3, -0.25) is 5.43 Å². The van der Waals surface area contributed by atoms with Gasteiger partial charge in [0.1, 0.15) is 0 Å². The number of nitrogens with zero attached hydrogens (tertiary/aromatic N) is 1. The van der Waals surface area contributed by atoms with E-state index in [1.165, 1.54) is 22.3 Å². The van der Waals surface area contributed by atoms with Crippen LogP contribution in [0.3, 0.4) is 0 Å². The van der Waals surface area contributed by atoms with Crippen molar-refractivity contribution >= 4 is 11.4 Å². The first-order chi connectivity index (χ1) is 11.6. The topological polar surface area (TPSA) is 24.4 Å². The lowest BCUT2D eigenvalue weighted by Crippen LogP contribution is -2.09. The molecule has 24 heavy (non-hydrogen) atoms. The Morgan fingerprint density at radius 2 is 1.58 bits per heavy atom. The molecule has 0 saturated carbocycles. The van der Waals surface area contributed by atoms with Crippen molar-refractivity contribution in [2.75, 3.05) is 5.43 Å². The molecule has 3 rings (SSSR count). The Morgan fingerprint density at radius 1 is 0.958 bits per heavy atom. The molecule has 0 atom stereocenters. The molecule has 0 aliphatic heterocycles. The van der Waals surface area contributed by atoms with Crippen molar-refractivity contribution in [3.63, 3.8) is 0 Å². The van der Waals surface area contributed by atoms with E-state index >= 15 is 0 Å². The fraction of sp³-hybridized carbons (Fsp3) is 0.227. The average molecular weight is 316 g/mol. The van der Waals surface area contributed by atoms with Crippen molar-refractivity contribution in [3.8, 4) is 0 Å². The number of nitrogens with one attached hydrogen (secondary N) is 1. The van der Waals surface area contributed by atoms with Gasteiger partial charge >= 0.3 is 0 Å². The van der Waals surface area contributed by atoms with Crippen LogP contribution in [0, 0.1) is 26.7 Å². The lowest BCUT2D eigenvalue weighted by Gasteiger charge is -2.14. The van der Waals surface area contributed by atoms with E-state index in [1.807, 2.05) is 6.07 Å². The van der Waals surface area contributed by atoms with Crippen LogP contribution in [0.5, 0.6) is 0 Å². The molecule has 0 saturated heterocycles. The summed E-state index contributed by atoms with van der Waals surface area (Å²) in [6.07, 6.45) is 9.56. The Balaban J connectivity index is 1.89. The van der Waals surface area contributed by atoms with Crippen LogP contribution in [0.1, 0.15) is 28.7 Å². The molecule has 2 aromatic carbocycles. The smallest absolute Gasteiger partial charge is 0.0688 e. The molecule has 0 heterocycles. The highest BCUT2D eigenvalue weighted by atomic mass is 15.3. The maximum atomic E-state index is 4.78. The maximum Gasteiger partial charge on any atom is 0.0688 e. The molecule has 0 fully saturated rings. The first-order valence-corrected chi connectivity index (χ1v) is 8.44. The zero-order valence-corrected chi connectivity index (χ0v) is 14.6. The highest BCUT2D eigenvalue weighted by Crippen LogP contribution is 2.23. The Kier molecular flexibility index (Phi) is 4.95. The fourth-order valence-electron chi connectivity index (χ4n) is 3.18. The maximum absolute atomic E-state index is 4.78. The molecule has 122 valence electrons. The molecule has 0 spiro atoms. The van der Waals surface area contributed by atoms with Crippen molar-refractivity contribution in [1.29, 1.82) is 0 Å². The van der Waals surface area contributed by atoms with Crippen LogP contribution in [0.15, 0.2) is 71.9 Å². The lowest BCUT2D eigenvalue weighted by atomic mass is 9.99. The number of hydrazone groups is 1. The van der Waals surface area contributed by atoms with Gasteiger partial charge in [-0.25, -0.2) is 0 Å². The third kappa shape index (κ3) is 3.83. The molecule has 1 aliphatic carbocycles. The van der Waals surface area contributed by atoms with Crippen molar-refractivity contribution in [3.05, 3.63) is 89.0 Å². The van der Waals surface area contributed by atoms with Gasteiger partial charge in [0.15, 0.2) is 0 Å². The third-order valence-electron chi connectivity index (χ3n) is 4.34. The molecular weight excluding hydrogens is 292 g/mol. The summed E-state index contributed by atoms with van der Waals surface area (Å²) in [4.78, 5) is 0. The summed E-state index contributed by atoms with van der Waals surface area (Å²) in [5.74, 6) is 0.422. The number of hydrogen-bond donors (Lipinski definition) is 1. The third-order valence-corrected chi connectivity index (χ3v) is 4.34. The minimum atomic E-state index is 0.422. The zero-order valence-electron chi connectivity index (χ0n) is 14.6. The number of rotatable bonds is 5. The lowest BCUT2D eigenvalue weighted by molar-refractivity contribution is 0.873. The van der Waals surface area contributed by atoms with Crippen molar-refractivity contribution in [1.82, 2.24) is 0 Å². The van der Waals surface area contributed by atoms with E-state index in [0.717, 1.165) is 17.8 Å². The summed E-state index contributed by atoms with van der Waals surface area (Å²) >= 11 is 0. The highest BCUT2D eigenvalue weighted by molar-refractivity contribution is 6.01. The molecule has 2 nitrogen and oxygen atoms in total. The normalized spacial score (nSPS) is 14.4. The minimum absolute atomic E-state index is 0.422. The molecule has 1 N–H and O–H groups in total. The monoisotopic (exact) mass is 316 g/mol. The summed E-state index contributed by atoms with van der Waals surface area (Å²) in [5.41, 5.74) is 10.4. The van der Waals surface area contributed by atoms with Gasteiger partial charge in [0.05, 0.1) is 11.4 Å². The van der Waals surface area contributed by atoms with E-state index in [4.69, 9.17) is 5.10 Å². The van der Waals surface area contributed by atoms with Crippen LogP contribution in [0.4, 0.5) is 5.69 Å². The van der Waals surface area contributed by atoms with Crippen LogP contribution in [0.2, 0.25) is 0 Å². The van der Waals surface area contributed by atoms with Crippen molar-refractivity contribution < 1.29 is 0 Å². The second-order valence-corrected chi connectivity index (χ2v) is 6.45. The fourth-order valence-corrected chi connectivity index (χ4v) is 3.18. The van der Waals surface area contributed by atoms with Gasteiger partial charge < -0.3 is 0 Å². The zero-order chi connectivity index (χ0) is 16.9. The van der Waals surface area contributed by atoms with Gasteiger partial charge in [-0.2, -0.15) is 5.10 Å². The van der Waals surface area contributed by atoms with Crippen molar-refractivity contribution in [2.24, 2.45) is 11.0 Å². The van der Waals surface area contributed by atoms with Crippen LogP contribution in [0.25, 0.3) is 0 Å². The molecule has 1 aliphatic rings. The van der Waals surface area contributed by atoms with Gasteiger partial charge in [0.2, 0.25) is 0 Å². The summed E-state index contributed by atoms with van der Waals surface area (Å²) in [5, 5.41) is 4.78. The second-order valence-electron chi connectivity index (χ2n) is 6.45. The molecular formula is C22H24N2. The largest absolute Gasteiger partial charge is 0.278 e. The summed E-state index contributed by atoms with van der Waals surface area (Å²) in [6.45, 7) is 6.38. The van der Waals surface area contributed by atoms with Crippen LogP contribution >= 0.6 is 0 Å². The minimum Gasteiger partial charge on any atom is -0.278 e. The number of benzene rings is 2. The second kappa shape index (κ2) is 7.31. The van der Waals surface area contributed by atoms with Gasteiger partial charge in [0.25, 0.3) is 0 Å². The Hall–Kier alpha value is -2.61. The first-order valence-electron chi connectivity index (χ1n) is 8.44. The molecule has 0 aromatic heterocycles. The van der Waals surface area contributed by atoms with E-state index < -0.39 is 0 Å². The van der Waals surface area contributed by atoms with E-state index in [-0.39, 0.29) is 0 Å². The van der Waals surface area contributed by atoms with Gasteiger partial charge in [-0.1, -0.05) is 72.3 Å². The number of anilines is 1.